The number of hydrogen-bond acceptors (Lipinski definition) is 2. The summed E-state index contributed by atoms with van der Waals surface area (Å²) in [5.74, 6) is 0. The molecule has 8 heavy (non-hydrogen) atoms. The van der Waals surface area contributed by atoms with E-state index >= 15 is 0 Å². The van der Waals surface area contributed by atoms with E-state index in [1.807, 2.05) is 6.07 Å². The van der Waals surface area contributed by atoms with Crippen molar-refractivity contribution in [1.82, 2.24) is 0 Å². The fraction of sp³-hybridized carbons (Fsp3) is 0.750. The standard InChI is InChI=1S/C4H8NO2Si/c1-8(6)7-4-2-3-5/h8H,2,4H2,1H3. The van der Waals surface area contributed by atoms with Gasteiger partial charge in [0.05, 0.1) is 12.5 Å². The molecule has 0 aromatic rings. The normalized spacial score (nSPS) is 12.6. The molecule has 0 saturated heterocycles. The van der Waals surface area contributed by atoms with Gasteiger partial charge in [-0.2, -0.15) is 5.26 Å². The van der Waals surface area contributed by atoms with Crippen LogP contribution in [0.25, 0.3) is 0 Å². The van der Waals surface area contributed by atoms with Crippen molar-refractivity contribution in [2.24, 2.45) is 0 Å². The first-order chi connectivity index (χ1) is 3.77. The molecular formula is C4H8NO2Si. The Labute approximate surface area is 50.4 Å². The molecule has 4 heteroatoms. The largest absolute Gasteiger partial charge is 0.394 e. The second-order valence-electron chi connectivity index (χ2n) is 1.35. The fourth-order valence-corrected chi connectivity index (χ4v) is 0.720. The van der Waals surface area contributed by atoms with Crippen molar-refractivity contribution in [3.63, 3.8) is 0 Å². The Morgan fingerprint density at radius 1 is 1.88 bits per heavy atom. The predicted octanol–water partition coefficient (Wildman–Crippen LogP) is 0.197. The summed E-state index contributed by atoms with van der Waals surface area (Å²) in [6.45, 7) is 1.85. The first-order valence-corrected chi connectivity index (χ1v) is 4.51. The second-order valence-corrected chi connectivity index (χ2v) is 2.82. The van der Waals surface area contributed by atoms with Gasteiger partial charge in [-0.15, -0.1) is 0 Å². The molecule has 0 bridgehead atoms. The van der Waals surface area contributed by atoms with Crippen LogP contribution < -0.4 is 0 Å². The monoisotopic (exact) mass is 130 g/mol. The molecule has 0 rings (SSSR count). The van der Waals surface area contributed by atoms with E-state index in [2.05, 4.69) is 4.43 Å². The maximum atomic E-state index is 10.2. The topological polar surface area (TPSA) is 52.9 Å². The van der Waals surface area contributed by atoms with E-state index in [1.54, 1.807) is 0 Å². The minimum atomic E-state index is -2.10. The molecule has 0 aliphatic carbocycles. The summed E-state index contributed by atoms with van der Waals surface area (Å²) < 4.78 is 4.64. The van der Waals surface area contributed by atoms with Crippen LogP contribution in [-0.4, -0.2) is 15.9 Å². The van der Waals surface area contributed by atoms with Gasteiger partial charge < -0.3 is 4.43 Å². The van der Waals surface area contributed by atoms with Crippen molar-refractivity contribution in [3.8, 4) is 6.07 Å². The van der Waals surface area contributed by atoms with E-state index in [0.717, 1.165) is 0 Å². The Bertz CT molecular complexity index is 88.5. The molecular weight excluding hydrogens is 122 g/mol. The molecule has 0 amide bonds. The Balaban J connectivity index is 2.85. The third kappa shape index (κ3) is 5.63. The second kappa shape index (κ2) is 4.78. The maximum Gasteiger partial charge on any atom is 0.355 e. The fourth-order valence-electron chi connectivity index (χ4n) is 0.271. The minimum absolute atomic E-state index is 0.313. The smallest absolute Gasteiger partial charge is 0.355 e. The first kappa shape index (κ1) is 7.63. The average Bonchev–Trinajstić information content (AvgIpc) is 1.66. The molecule has 0 aromatic carbocycles. The number of nitriles is 1. The lowest BCUT2D eigenvalue weighted by atomic mass is 10.5. The Morgan fingerprint density at radius 2 is 2.50 bits per heavy atom. The summed E-state index contributed by atoms with van der Waals surface area (Å²) in [4.78, 5) is 10.2. The van der Waals surface area contributed by atoms with Crippen LogP contribution in [0.1, 0.15) is 6.42 Å². The van der Waals surface area contributed by atoms with Crippen LogP contribution in [0.5, 0.6) is 0 Å². The zero-order chi connectivity index (χ0) is 6.41. The van der Waals surface area contributed by atoms with Gasteiger partial charge in [-0.1, -0.05) is 0 Å². The average molecular weight is 130 g/mol. The van der Waals surface area contributed by atoms with Gasteiger partial charge in [0.2, 0.25) is 0 Å². The molecule has 1 unspecified atom stereocenters. The molecule has 45 valence electrons. The molecule has 3 nitrogen and oxygen atoms in total. The van der Waals surface area contributed by atoms with Crippen molar-refractivity contribution in [2.45, 2.75) is 13.0 Å². The summed E-state index contributed by atoms with van der Waals surface area (Å²) in [6.07, 6.45) is 0.333. The highest BCUT2D eigenvalue weighted by Gasteiger charge is 1.97. The highest BCUT2D eigenvalue weighted by molar-refractivity contribution is 6.40. The zero-order valence-corrected chi connectivity index (χ0v) is 5.91. The van der Waals surface area contributed by atoms with Gasteiger partial charge in [0.1, 0.15) is 0 Å². The van der Waals surface area contributed by atoms with Crippen LogP contribution in [-0.2, 0) is 9.22 Å². The Morgan fingerprint density at radius 3 is 2.88 bits per heavy atom. The molecule has 1 atom stereocenters. The van der Waals surface area contributed by atoms with Crippen LogP contribution >= 0.6 is 0 Å². The van der Waals surface area contributed by atoms with E-state index in [9.17, 15) is 4.80 Å². The summed E-state index contributed by atoms with van der Waals surface area (Å²) >= 11 is 0. The minimum Gasteiger partial charge on any atom is -0.394 e. The Hall–Kier alpha value is -0.373. The molecule has 0 saturated carbocycles. The van der Waals surface area contributed by atoms with Gasteiger partial charge in [-0.25, -0.2) is 0 Å². The van der Waals surface area contributed by atoms with Crippen LogP contribution in [0.2, 0.25) is 6.55 Å². The van der Waals surface area contributed by atoms with Gasteiger partial charge in [0.15, 0.2) is 0 Å². The van der Waals surface area contributed by atoms with Gasteiger partial charge >= 0.3 is 9.28 Å². The quantitative estimate of drug-likeness (QED) is 0.404. The SMILES string of the molecule is C[SiH]([O])OCCC#N. The lowest BCUT2D eigenvalue weighted by Crippen LogP contribution is -2.10. The van der Waals surface area contributed by atoms with Gasteiger partial charge in [0.25, 0.3) is 0 Å². The van der Waals surface area contributed by atoms with Crippen LogP contribution in [0.3, 0.4) is 0 Å². The molecule has 0 aliphatic heterocycles. The summed E-state index contributed by atoms with van der Waals surface area (Å²) in [5.41, 5.74) is 0. The molecule has 0 N–H and O–H groups in total. The summed E-state index contributed by atoms with van der Waals surface area (Å²) in [7, 11) is -2.10. The van der Waals surface area contributed by atoms with Gasteiger partial charge in [-0.3, -0.25) is 4.80 Å². The maximum absolute atomic E-state index is 10.2. The van der Waals surface area contributed by atoms with Crippen molar-refractivity contribution in [1.29, 1.82) is 5.26 Å². The molecule has 0 aliphatic rings. The van der Waals surface area contributed by atoms with Crippen molar-refractivity contribution in [2.75, 3.05) is 6.61 Å². The Kier molecular flexibility index (Phi) is 4.55. The highest BCUT2D eigenvalue weighted by atomic mass is 28.3. The number of rotatable bonds is 3. The van der Waals surface area contributed by atoms with E-state index in [-0.39, 0.29) is 0 Å². The number of hydrogen-bond donors (Lipinski definition) is 0. The lowest BCUT2D eigenvalue weighted by molar-refractivity contribution is 0.240. The van der Waals surface area contributed by atoms with Crippen LogP contribution in [0.15, 0.2) is 0 Å². The van der Waals surface area contributed by atoms with Crippen molar-refractivity contribution >= 4 is 9.28 Å². The van der Waals surface area contributed by atoms with E-state index in [1.165, 1.54) is 6.55 Å². The summed E-state index contributed by atoms with van der Waals surface area (Å²) in [5, 5.41) is 7.96. The summed E-state index contributed by atoms with van der Waals surface area (Å²) in [6, 6.07) is 1.88. The zero-order valence-electron chi connectivity index (χ0n) is 4.76. The van der Waals surface area contributed by atoms with E-state index < -0.39 is 9.28 Å². The van der Waals surface area contributed by atoms with Gasteiger partial charge in [0, 0.05) is 6.61 Å². The molecule has 0 fully saturated rings. The lowest BCUT2D eigenvalue weighted by Gasteiger charge is -1.96. The molecule has 0 spiro atoms. The van der Waals surface area contributed by atoms with Gasteiger partial charge in [-0.05, 0) is 6.55 Å². The highest BCUT2D eigenvalue weighted by Crippen LogP contribution is 1.82. The molecule has 0 heterocycles. The van der Waals surface area contributed by atoms with Crippen LogP contribution in [0, 0.1) is 11.3 Å². The number of nitrogens with zero attached hydrogens (tertiary/aromatic N) is 1. The van der Waals surface area contributed by atoms with E-state index in [4.69, 9.17) is 5.26 Å². The molecule has 0 aromatic heterocycles. The van der Waals surface area contributed by atoms with E-state index in [0.29, 0.717) is 13.0 Å². The molecule has 1 radical (unpaired) electrons. The van der Waals surface area contributed by atoms with Crippen molar-refractivity contribution < 1.29 is 9.22 Å². The van der Waals surface area contributed by atoms with Crippen molar-refractivity contribution in [3.05, 3.63) is 0 Å². The first-order valence-electron chi connectivity index (χ1n) is 2.41. The predicted molar refractivity (Wildman–Crippen MR) is 29.9 cm³/mol. The third-order valence-electron chi connectivity index (χ3n) is 0.566. The third-order valence-corrected chi connectivity index (χ3v) is 1.27. The van der Waals surface area contributed by atoms with Crippen LogP contribution in [0.4, 0.5) is 0 Å².